The summed E-state index contributed by atoms with van der Waals surface area (Å²) in [5.41, 5.74) is 4.98. The van der Waals surface area contributed by atoms with Gasteiger partial charge >= 0.3 is 6.09 Å². The van der Waals surface area contributed by atoms with Crippen LogP contribution >= 0.6 is 0 Å². The number of hydrogen-bond acceptors (Lipinski definition) is 2. The van der Waals surface area contributed by atoms with Gasteiger partial charge in [-0.2, -0.15) is 0 Å². The monoisotopic (exact) mass is 399 g/mol. The molecule has 0 bridgehead atoms. The number of nitrogens with zero attached hydrogens (tertiary/aromatic N) is 1. The van der Waals surface area contributed by atoms with E-state index in [4.69, 9.17) is 0 Å². The van der Waals surface area contributed by atoms with Crippen molar-refractivity contribution in [1.29, 1.82) is 0 Å². The summed E-state index contributed by atoms with van der Waals surface area (Å²) in [4.78, 5) is 24.3. The molecule has 1 aliphatic rings. The molecule has 0 aliphatic heterocycles. The summed E-state index contributed by atoms with van der Waals surface area (Å²) in [5, 5.41) is 9.19. The maximum atomic E-state index is 12.2. The first-order valence-electron chi connectivity index (χ1n) is 10.5. The predicted molar refractivity (Wildman–Crippen MR) is 121 cm³/mol. The summed E-state index contributed by atoms with van der Waals surface area (Å²) < 4.78 is 0. The molecule has 0 unspecified atom stereocenters. The van der Waals surface area contributed by atoms with Gasteiger partial charge in [-0.1, -0.05) is 68.7 Å². The fourth-order valence-corrected chi connectivity index (χ4v) is 3.57. The van der Waals surface area contributed by atoms with Crippen molar-refractivity contribution in [3.63, 3.8) is 0 Å². The molecular formula is C25H37NO3. The lowest BCUT2D eigenvalue weighted by Gasteiger charge is -2.32. The highest BCUT2D eigenvalue weighted by molar-refractivity contribution is 5.98. The van der Waals surface area contributed by atoms with Gasteiger partial charge in [-0.3, -0.25) is 4.79 Å². The highest BCUT2D eigenvalue weighted by atomic mass is 16.4. The van der Waals surface area contributed by atoms with Crippen LogP contribution in [0.4, 0.5) is 4.79 Å². The minimum Gasteiger partial charge on any atom is -0.465 e. The minimum absolute atomic E-state index is 0.225. The number of carboxylic acid groups (broad SMARTS) is 1. The second-order valence-corrected chi connectivity index (χ2v) is 8.55. The smallest absolute Gasteiger partial charge is 0.414 e. The third kappa shape index (κ3) is 8.26. The Bertz CT molecular complexity index is 748. The average molecular weight is 400 g/mol. The van der Waals surface area contributed by atoms with Crippen molar-refractivity contribution in [2.75, 3.05) is 6.54 Å². The van der Waals surface area contributed by atoms with E-state index in [0.717, 1.165) is 22.5 Å². The lowest BCUT2D eigenvalue weighted by atomic mass is 9.72. The molecule has 1 rings (SSSR count). The van der Waals surface area contributed by atoms with E-state index in [9.17, 15) is 14.7 Å². The number of unbranched alkanes of at least 4 members (excludes halogenated alkanes) is 1. The van der Waals surface area contributed by atoms with E-state index in [2.05, 4.69) is 32.9 Å². The Morgan fingerprint density at radius 2 is 1.86 bits per heavy atom. The van der Waals surface area contributed by atoms with Crippen molar-refractivity contribution in [3.8, 4) is 0 Å². The van der Waals surface area contributed by atoms with Crippen LogP contribution in [0.5, 0.6) is 0 Å². The summed E-state index contributed by atoms with van der Waals surface area (Å²) in [6.07, 6.45) is 15.4. The molecule has 0 spiro atoms. The Morgan fingerprint density at radius 3 is 2.45 bits per heavy atom. The van der Waals surface area contributed by atoms with Gasteiger partial charge in [-0.25, -0.2) is 9.69 Å². The highest BCUT2D eigenvalue weighted by Gasteiger charge is 2.26. The molecule has 0 saturated carbocycles. The SMILES string of the molecule is CCCCN(C(=O)O)C(=O)C=C(C)C=CC=C(C)C=CC1=C(C)CCCC1(C)C. The summed E-state index contributed by atoms with van der Waals surface area (Å²) in [6.45, 7) is 12.9. The van der Waals surface area contributed by atoms with E-state index in [1.54, 1.807) is 6.92 Å². The molecule has 0 radical (unpaired) electrons. The van der Waals surface area contributed by atoms with Crippen LogP contribution in [0.2, 0.25) is 0 Å². The molecule has 0 heterocycles. The predicted octanol–water partition coefficient (Wildman–Crippen LogP) is 6.82. The first-order chi connectivity index (χ1) is 13.6. The molecule has 0 aromatic heterocycles. The lowest BCUT2D eigenvalue weighted by Crippen LogP contribution is -2.35. The zero-order chi connectivity index (χ0) is 22.0. The van der Waals surface area contributed by atoms with Crippen molar-refractivity contribution < 1.29 is 14.7 Å². The molecule has 4 heteroatoms. The molecule has 0 atom stereocenters. The number of rotatable bonds is 8. The Hall–Kier alpha value is -2.36. The normalized spacial score (nSPS) is 18.0. The number of allylic oxidation sites excluding steroid dienone is 9. The fraction of sp³-hybridized carbons (Fsp3) is 0.520. The van der Waals surface area contributed by atoms with Gasteiger partial charge in [0.25, 0.3) is 5.91 Å². The van der Waals surface area contributed by atoms with Crippen molar-refractivity contribution >= 4 is 12.0 Å². The zero-order valence-corrected chi connectivity index (χ0v) is 18.9. The van der Waals surface area contributed by atoms with Crippen molar-refractivity contribution in [3.05, 3.63) is 58.7 Å². The molecule has 0 aromatic rings. The number of carbonyl (C=O) groups is 2. The van der Waals surface area contributed by atoms with Crippen molar-refractivity contribution in [2.24, 2.45) is 5.41 Å². The molecule has 160 valence electrons. The van der Waals surface area contributed by atoms with Gasteiger partial charge in [0.1, 0.15) is 0 Å². The summed E-state index contributed by atoms with van der Waals surface area (Å²) in [5.74, 6) is -0.490. The summed E-state index contributed by atoms with van der Waals surface area (Å²) in [6, 6.07) is 0. The van der Waals surface area contributed by atoms with E-state index in [1.165, 1.54) is 36.5 Å². The second-order valence-electron chi connectivity index (χ2n) is 8.55. The van der Waals surface area contributed by atoms with Gasteiger partial charge in [0.2, 0.25) is 0 Å². The molecule has 1 N–H and O–H groups in total. The largest absolute Gasteiger partial charge is 0.465 e. The maximum absolute atomic E-state index is 12.2. The van der Waals surface area contributed by atoms with Crippen LogP contribution in [-0.4, -0.2) is 28.6 Å². The van der Waals surface area contributed by atoms with Crippen LogP contribution in [0.15, 0.2) is 58.7 Å². The topological polar surface area (TPSA) is 57.6 Å². The molecule has 4 nitrogen and oxygen atoms in total. The Morgan fingerprint density at radius 1 is 1.17 bits per heavy atom. The third-order valence-electron chi connectivity index (χ3n) is 5.36. The van der Waals surface area contributed by atoms with Crippen LogP contribution in [0.1, 0.15) is 73.6 Å². The molecule has 0 fully saturated rings. The van der Waals surface area contributed by atoms with E-state index in [-0.39, 0.29) is 12.0 Å². The van der Waals surface area contributed by atoms with Gasteiger partial charge in [-0.05, 0) is 63.0 Å². The number of imide groups is 1. The molecule has 0 saturated heterocycles. The Balaban J connectivity index is 2.79. The first kappa shape index (κ1) is 24.7. The van der Waals surface area contributed by atoms with Gasteiger partial charge in [0, 0.05) is 12.6 Å². The fourth-order valence-electron chi connectivity index (χ4n) is 3.57. The van der Waals surface area contributed by atoms with Crippen LogP contribution in [0, 0.1) is 5.41 Å². The zero-order valence-electron chi connectivity index (χ0n) is 18.9. The Kier molecular flexibility index (Phi) is 9.87. The summed E-state index contributed by atoms with van der Waals surface area (Å²) in [7, 11) is 0. The molecule has 2 amide bonds. The molecule has 0 aromatic carbocycles. The number of hydrogen-bond donors (Lipinski definition) is 1. The summed E-state index contributed by atoms with van der Waals surface area (Å²) >= 11 is 0. The highest BCUT2D eigenvalue weighted by Crippen LogP contribution is 2.40. The first-order valence-corrected chi connectivity index (χ1v) is 10.5. The second kappa shape index (κ2) is 11.6. The van der Waals surface area contributed by atoms with E-state index >= 15 is 0 Å². The van der Waals surface area contributed by atoms with E-state index in [0.29, 0.717) is 6.42 Å². The van der Waals surface area contributed by atoms with Crippen LogP contribution in [-0.2, 0) is 4.79 Å². The van der Waals surface area contributed by atoms with E-state index < -0.39 is 12.0 Å². The maximum Gasteiger partial charge on any atom is 0.414 e. The van der Waals surface area contributed by atoms with Crippen LogP contribution < -0.4 is 0 Å². The molecule has 29 heavy (non-hydrogen) atoms. The van der Waals surface area contributed by atoms with Crippen molar-refractivity contribution in [2.45, 2.75) is 73.6 Å². The van der Waals surface area contributed by atoms with E-state index in [1.807, 2.05) is 32.1 Å². The Labute approximate surface area is 176 Å². The van der Waals surface area contributed by atoms with Gasteiger partial charge < -0.3 is 5.11 Å². The molecular weight excluding hydrogens is 362 g/mol. The molecule has 1 aliphatic carbocycles. The third-order valence-corrected chi connectivity index (χ3v) is 5.36. The van der Waals surface area contributed by atoms with Crippen molar-refractivity contribution in [1.82, 2.24) is 4.90 Å². The van der Waals surface area contributed by atoms with Gasteiger partial charge in [0.15, 0.2) is 0 Å². The number of carbonyl (C=O) groups excluding carboxylic acids is 1. The lowest BCUT2D eigenvalue weighted by molar-refractivity contribution is -0.124. The minimum atomic E-state index is -1.20. The van der Waals surface area contributed by atoms with Crippen LogP contribution in [0.3, 0.4) is 0 Å². The van der Waals surface area contributed by atoms with Crippen LogP contribution in [0.25, 0.3) is 0 Å². The quantitative estimate of drug-likeness (QED) is 0.360. The average Bonchev–Trinajstić information content (AvgIpc) is 2.60. The van der Waals surface area contributed by atoms with Gasteiger partial charge in [0.05, 0.1) is 0 Å². The standard InChI is InChI=1S/C25H37NO3/c1-7-8-17-26(24(28)29)23(27)18-20(3)12-9-11-19(2)14-15-22-21(4)13-10-16-25(22,5)6/h9,11-12,14-15,18H,7-8,10,13,16-17H2,1-6H3,(H,28,29). The number of amides is 2. The van der Waals surface area contributed by atoms with Gasteiger partial charge in [-0.15, -0.1) is 0 Å².